The van der Waals surface area contributed by atoms with Gasteiger partial charge >= 0.3 is 5.69 Å². The molecular formula is C19H18N8O. The maximum Gasteiger partial charge on any atom is 0.354 e. The van der Waals surface area contributed by atoms with Gasteiger partial charge in [-0.25, -0.2) is 14.8 Å². The van der Waals surface area contributed by atoms with Crippen molar-refractivity contribution in [1.82, 2.24) is 29.2 Å². The standard InChI is InChI=1S/C19H18N8O/c20-16-6-7-26(19(28)25-16)13-4-5-18-22-10-15(27(18)11-13)14-2-1-3-17(24-14)23-12-8-21-9-12/h1-7,10-12,21H,8-9H2,(H,23,24)(H2,20,25,28). The van der Waals surface area contributed by atoms with E-state index in [1.165, 1.54) is 4.57 Å². The highest BCUT2D eigenvalue weighted by Crippen LogP contribution is 2.22. The molecule has 0 radical (unpaired) electrons. The molecule has 1 aliphatic heterocycles. The summed E-state index contributed by atoms with van der Waals surface area (Å²) in [7, 11) is 0. The van der Waals surface area contributed by atoms with Gasteiger partial charge in [0.15, 0.2) is 0 Å². The Morgan fingerprint density at radius 2 is 2.04 bits per heavy atom. The first-order valence-electron chi connectivity index (χ1n) is 8.95. The van der Waals surface area contributed by atoms with E-state index in [1.807, 2.05) is 40.9 Å². The fraction of sp³-hybridized carbons (Fsp3) is 0.158. The molecule has 0 bridgehead atoms. The number of fused-ring (bicyclic) bond motifs is 1. The number of aromatic nitrogens is 5. The summed E-state index contributed by atoms with van der Waals surface area (Å²) < 4.78 is 3.35. The lowest BCUT2D eigenvalue weighted by molar-refractivity contribution is 0.471. The largest absolute Gasteiger partial charge is 0.383 e. The average Bonchev–Trinajstić information content (AvgIpc) is 3.08. The van der Waals surface area contributed by atoms with Crippen molar-refractivity contribution in [2.45, 2.75) is 6.04 Å². The van der Waals surface area contributed by atoms with Crippen LogP contribution in [0, 0.1) is 0 Å². The smallest absolute Gasteiger partial charge is 0.354 e. The van der Waals surface area contributed by atoms with Crippen LogP contribution in [0.3, 0.4) is 0 Å². The summed E-state index contributed by atoms with van der Waals surface area (Å²) in [6, 6.07) is 11.5. The van der Waals surface area contributed by atoms with Crippen molar-refractivity contribution in [3.05, 3.63) is 65.5 Å². The lowest BCUT2D eigenvalue weighted by atomic mass is 10.2. The third kappa shape index (κ3) is 2.87. The molecule has 4 aromatic heterocycles. The summed E-state index contributed by atoms with van der Waals surface area (Å²) in [5.74, 6) is 1.02. The SMILES string of the molecule is Nc1ccn(-c2ccc3ncc(-c4cccc(NC5CNC5)n4)n3c2)c(=O)n1. The van der Waals surface area contributed by atoms with Crippen molar-refractivity contribution in [2.75, 3.05) is 24.1 Å². The molecule has 0 atom stereocenters. The predicted octanol–water partition coefficient (Wildman–Crippen LogP) is 0.908. The molecule has 0 saturated carbocycles. The van der Waals surface area contributed by atoms with Crippen LogP contribution in [0.2, 0.25) is 0 Å². The molecule has 140 valence electrons. The second kappa shape index (κ2) is 6.46. The van der Waals surface area contributed by atoms with E-state index >= 15 is 0 Å². The number of nitrogen functional groups attached to an aromatic ring is 1. The Kier molecular flexibility index (Phi) is 3.80. The maximum atomic E-state index is 12.2. The van der Waals surface area contributed by atoms with Crippen LogP contribution in [0.4, 0.5) is 11.6 Å². The van der Waals surface area contributed by atoms with Crippen LogP contribution in [-0.2, 0) is 0 Å². The highest BCUT2D eigenvalue weighted by atomic mass is 16.1. The summed E-state index contributed by atoms with van der Waals surface area (Å²) in [6.45, 7) is 1.88. The van der Waals surface area contributed by atoms with Gasteiger partial charge in [0.1, 0.15) is 17.3 Å². The number of pyridine rings is 2. The van der Waals surface area contributed by atoms with Gasteiger partial charge in [0.25, 0.3) is 0 Å². The topological polar surface area (TPSA) is 115 Å². The molecule has 9 nitrogen and oxygen atoms in total. The van der Waals surface area contributed by atoms with Gasteiger partial charge in [0.2, 0.25) is 0 Å². The van der Waals surface area contributed by atoms with E-state index < -0.39 is 5.69 Å². The first-order valence-corrected chi connectivity index (χ1v) is 8.95. The van der Waals surface area contributed by atoms with Gasteiger partial charge in [-0.05, 0) is 30.3 Å². The van der Waals surface area contributed by atoms with Gasteiger partial charge < -0.3 is 16.4 Å². The summed E-state index contributed by atoms with van der Waals surface area (Å²) in [5.41, 5.74) is 8.21. The van der Waals surface area contributed by atoms with Crippen LogP contribution >= 0.6 is 0 Å². The fourth-order valence-electron chi connectivity index (χ4n) is 3.17. The van der Waals surface area contributed by atoms with Gasteiger partial charge in [-0.1, -0.05) is 6.07 Å². The van der Waals surface area contributed by atoms with E-state index in [-0.39, 0.29) is 5.82 Å². The highest BCUT2D eigenvalue weighted by molar-refractivity contribution is 5.63. The van der Waals surface area contributed by atoms with Crippen molar-refractivity contribution in [3.8, 4) is 17.1 Å². The number of nitrogens with one attached hydrogen (secondary N) is 2. The number of anilines is 2. The Balaban J connectivity index is 1.57. The van der Waals surface area contributed by atoms with Gasteiger partial charge in [-0.15, -0.1) is 0 Å². The molecule has 0 unspecified atom stereocenters. The van der Waals surface area contributed by atoms with Crippen LogP contribution in [0.1, 0.15) is 0 Å². The number of hydrogen-bond donors (Lipinski definition) is 3. The minimum atomic E-state index is -0.431. The van der Waals surface area contributed by atoms with Crippen molar-refractivity contribution in [2.24, 2.45) is 0 Å². The number of hydrogen-bond acceptors (Lipinski definition) is 7. The van der Waals surface area contributed by atoms with Crippen molar-refractivity contribution in [3.63, 3.8) is 0 Å². The summed E-state index contributed by atoms with van der Waals surface area (Å²) in [5, 5.41) is 6.64. The molecule has 0 aliphatic carbocycles. The molecule has 1 fully saturated rings. The maximum absolute atomic E-state index is 12.2. The third-order valence-corrected chi connectivity index (χ3v) is 4.74. The van der Waals surface area contributed by atoms with Crippen LogP contribution in [0.5, 0.6) is 0 Å². The molecule has 4 aromatic rings. The molecule has 1 aliphatic rings. The molecule has 9 heteroatoms. The van der Waals surface area contributed by atoms with Crippen LogP contribution < -0.4 is 22.1 Å². The van der Waals surface area contributed by atoms with E-state index in [1.54, 1.807) is 18.5 Å². The Morgan fingerprint density at radius 3 is 2.82 bits per heavy atom. The minimum absolute atomic E-state index is 0.195. The van der Waals surface area contributed by atoms with Crippen molar-refractivity contribution < 1.29 is 0 Å². The zero-order valence-electron chi connectivity index (χ0n) is 14.9. The third-order valence-electron chi connectivity index (χ3n) is 4.74. The molecular weight excluding hydrogens is 356 g/mol. The number of nitrogens with zero attached hydrogens (tertiary/aromatic N) is 5. The number of rotatable bonds is 4. The van der Waals surface area contributed by atoms with Gasteiger partial charge in [-0.2, -0.15) is 4.98 Å². The first kappa shape index (κ1) is 16.5. The lowest BCUT2D eigenvalue weighted by Crippen LogP contribution is -2.51. The lowest BCUT2D eigenvalue weighted by Gasteiger charge is -2.28. The summed E-state index contributed by atoms with van der Waals surface area (Å²) in [6.07, 6.45) is 5.23. The number of nitrogens with two attached hydrogens (primary N) is 1. The molecule has 0 spiro atoms. The van der Waals surface area contributed by atoms with Gasteiger partial charge in [0, 0.05) is 25.5 Å². The van der Waals surface area contributed by atoms with E-state index in [0.717, 1.165) is 35.9 Å². The fourth-order valence-corrected chi connectivity index (χ4v) is 3.17. The Hall–Kier alpha value is -3.72. The summed E-state index contributed by atoms with van der Waals surface area (Å²) >= 11 is 0. The molecule has 0 amide bonds. The normalized spacial score (nSPS) is 14.1. The monoisotopic (exact) mass is 374 g/mol. The van der Waals surface area contributed by atoms with Gasteiger partial charge in [0.05, 0.1) is 29.3 Å². The van der Waals surface area contributed by atoms with Crippen LogP contribution in [0.25, 0.3) is 22.7 Å². The average molecular weight is 374 g/mol. The minimum Gasteiger partial charge on any atom is -0.383 e. The predicted molar refractivity (Wildman–Crippen MR) is 107 cm³/mol. The van der Waals surface area contributed by atoms with Crippen molar-refractivity contribution >= 4 is 17.3 Å². The summed E-state index contributed by atoms with van der Waals surface area (Å²) in [4.78, 5) is 25.1. The first-order chi connectivity index (χ1) is 13.7. The Bertz CT molecular complexity index is 1220. The van der Waals surface area contributed by atoms with E-state index in [0.29, 0.717) is 11.7 Å². The van der Waals surface area contributed by atoms with Crippen LogP contribution in [0.15, 0.2) is 59.8 Å². The molecule has 5 rings (SSSR count). The molecule has 1 saturated heterocycles. The Labute approximate surface area is 159 Å². The number of imidazole rings is 1. The second-order valence-electron chi connectivity index (χ2n) is 6.67. The highest BCUT2D eigenvalue weighted by Gasteiger charge is 2.17. The van der Waals surface area contributed by atoms with E-state index in [4.69, 9.17) is 10.7 Å². The second-order valence-corrected chi connectivity index (χ2v) is 6.67. The zero-order chi connectivity index (χ0) is 19.1. The van der Waals surface area contributed by atoms with Crippen molar-refractivity contribution in [1.29, 1.82) is 0 Å². The van der Waals surface area contributed by atoms with Gasteiger partial charge in [-0.3, -0.25) is 8.97 Å². The van der Waals surface area contributed by atoms with E-state index in [9.17, 15) is 4.79 Å². The quantitative estimate of drug-likeness (QED) is 0.486. The Morgan fingerprint density at radius 1 is 1.14 bits per heavy atom. The molecule has 4 N–H and O–H groups in total. The molecule has 5 heterocycles. The van der Waals surface area contributed by atoms with E-state index in [2.05, 4.69) is 20.6 Å². The molecule has 0 aromatic carbocycles. The molecule has 28 heavy (non-hydrogen) atoms. The van der Waals surface area contributed by atoms with Crippen LogP contribution in [-0.4, -0.2) is 43.1 Å². The zero-order valence-corrected chi connectivity index (χ0v) is 14.9.